The maximum absolute atomic E-state index is 13.4. The number of hydrogen-bond acceptors (Lipinski definition) is 2. The Morgan fingerprint density at radius 1 is 1.28 bits per heavy atom. The SMILES string of the molecule is CN(Cc1ccccc1F)S(=O)(=O)CCCCCl. The lowest BCUT2D eigenvalue weighted by Gasteiger charge is -2.17. The molecule has 0 atom stereocenters. The van der Waals surface area contributed by atoms with Gasteiger partial charge in [-0.15, -0.1) is 11.6 Å². The van der Waals surface area contributed by atoms with Gasteiger partial charge in [-0.2, -0.15) is 0 Å². The number of rotatable bonds is 7. The summed E-state index contributed by atoms with van der Waals surface area (Å²) in [5.74, 6) is 0.109. The van der Waals surface area contributed by atoms with Crippen molar-refractivity contribution in [2.45, 2.75) is 19.4 Å². The fourth-order valence-electron chi connectivity index (χ4n) is 1.50. The van der Waals surface area contributed by atoms with Crippen LogP contribution in [0.3, 0.4) is 0 Å². The Kier molecular flexibility index (Phi) is 6.05. The molecule has 0 bridgehead atoms. The molecule has 0 spiro atoms. The predicted molar refractivity (Wildman–Crippen MR) is 71.6 cm³/mol. The second-order valence-electron chi connectivity index (χ2n) is 4.06. The highest BCUT2D eigenvalue weighted by molar-refractivity contribution is 7.89. The predicted octanol–water partition coefficient (Wildman–Crippen LogP) is 2.61. The first-order chi connectivity index (χ1) is 8.47. The van der Waals surface area contributed by atoms with E-state index in [0.717, 1.165) is 0 Å². The average Bonchev–Trinajstić information content (AvgIpc) is 2.32. The third kappa shape index (κ3) is 4.55. The molecule has 18 heavy (non-hydrogen) atoms. The van der Waals surface area contributed by atoms with E-state index in [4.69, 9.17) is 11.6 Å². The van der Waals surface area contributed by atoms with Gasteiger partial charge in [0.2, 0.25) is 10.0 Å². The molecule has 0 unspecified atom stereocenters. The van der Waals surface area contributed by atoms with Crippen LogP contribution < -0.4 is 0 Å². The monoisotopic (exact) mass is 293 g/mol. The van der Waals surface area contributed by atoms with Gasteiger partial charge in [-0.3, -0.25) is 0 Å². The van der Waals surface area contributed by atoms with Crippen molar-refractivity contribution < 1.29 is 12.8 Å². The third-order valence-electron chi connectivity index (χ3n) is 2.61. The fraction of sp³-hybridized carbons (Fsp3) is 0.500. The van der Waals surface area contributed by atoms with Gasteiger partial charge in [-0.25, -0.2) is 17.1 Å². The van der Waals surface area contributed by atoms with Crippen LogP contribution in [0, 0.1) is 5.82 Å². The summed E-state index contributed by atoms with van der Waals surface area (Å²) in [6.07, 6.45) is 1.18. The topological polar surface area (TPSA) is 37.4 Å². The van der Waals surface area contributed by atoms with Gasteiger partial charge < -0.3 is 0 Å². The highest BCUT2D eigenvalue weighted by Crippen LogP contribution is 2.12. The number of hydrogen-bond donors (Lipinski definition) is 0. The largest absolute Gasteiger partial charge is 0.214 e. The summed E-state index contributed by atoms with van der Waals surface area (Å²) in [4.78, 5) is 0. The van der Waals surface area contributed by atoms with Crippen LogP contribution in [0.1, 0.15) is 18.4 Å². The van der Waals surface area contributed by atoms with Crippen molar-refractivity contribution in [3.63, 3.8) is 0 Å². The molecule has 0 aliphatic carbocycles. The maximum Gasteiger partial charge on any atom is 0.214 e. The molecule has 102 valence electrons. The van der Waals surface area contributed by atoms with Crippen molar-refractivity contribution in [2.24, 2.45) is 0 Å². The van der Waals surface area contributed by atoms with Crippen LogP contribution in [0.2, 0.25) is 0 Å². The number of sulfonamides is 1. The van der Waals surface area contributed by atoms with Gasteiger partial charge in [-0.1, -0.05) is 18.2 Å². The molecule has 1 aromatic carbocycles. The summed E-state index contributed by atoms with van der Waals surface area (Å²) in [6, 6.07) is 6.17. The van der Waals surface area contributed by atoms with E-state index in [0.29, 0.717) is 24.3 Å². The van der Waals surface area contributed by atoms with E-state index >= 15 is 0 Å². The van der Waals surface area contributed by atoms with Crippen LogP contribution in [0.15, 0.2) is 24.3 Å². The number of alkyl halides is 1. The van der Waals surface area contributed by atoms with E-state index in [-0.39, 0.29) is 18.1 Å². The molecular weight excluding hydrogens is 277 g/mol. The Bertz CT molecular complexity index is 479. The zero-order chi connectivity index (χ0) is 13.6. The third-order valence-corrected chi connectivity index (χ3v) is 4.76. The minimum absolute atomic E-state index is 0.0463. The van der Waals surface area contributed by atoms with Crippen molar-refractivity contribution in [1.82, 2.24) is 4.31 Å². The molecule has 1 aromatic rings. The van der Waals surface area contributed by atoms with E-state index in [1.807, 2.05) is 0 Å². The van der Waals surface area contributed by atoms with Crippen molar-refractivity contribution in [2.75, 3.05) is 18.7 Å². The molecule has 0 N–H and O–H groups in total. The van der Waals surface area contributed by atoms with Crippen molar-refractivity contribution in [1.29, 1.82) is 0 Å². The molecule has 0 aliphatic rings. The molecule has 0 aromatic heterocycles. The molecule has 0 saturated heterocycles. The lowest BCUT2D eigenvalue weighted by molar-refractivity contribution is 0.455. The first kappa shape index (κ1) is 15.4. The first-order valence-electron chi connectivity index (χ1n) is 5.71. The number of halogens is 2. The standard InChI is InChI=1S/C12H17ClFNO2S/c1-15(18(16,17)9-5-4-8-13)10-11-6-2-3-7-12(11)14/h2-3,6-7H,4-5,8-10H2,1H3. The molecule has 0 saturated carbocycles. The molecule has 0 radical (unpaired) electrons. The van der Waals surface area contributed by atoms with E-state index in [2.05, 4.69) is 0 Å². The summed E-state index contributed by atoms with van der Waals surface area (Å²) in [6.45, 7) is 0.0515. The van der Waals surface area contributed by atoms with Crippen LogP contribution in [0.5, 0.6) is 0 Å². The van der Waals surface area contributed by atoms with Crippen LogP contribution >= 0.6 is 11.6 Å². The lowest BCUT2D eigenvalue weighted by atomic mass is 10.2. The van der Waals surface area contributed by atoms with Crippen LogP contribution in [-0.4, -0.2) is 31.4 Å². The lowest BCUT2D eigenvalue weighted by Crippen LogP contribution is -2.29. The van der Waals surface area contributed by atoms with Gasteiger partial charge in [0.15, 0.2) is 0 Å². The van der Waals surface area contributed by atoms with Gasteiger partial charge >= 0.3 is 0 Å². The number of nitrogens with zero attached hydrogens (tertiary/aromatic N) is 1. The summed E-state index contributed by atoms with van der Waals surface area (Å²) >= 11 is 5.50. The Morgan fingerprint density at radius 3 is 2.56 bits per heavy atom. The number of unbranched alkanes of at least 4 members (excludes halogenated alkanes) is 1. The normalized spacial score (nSPS) is 12.0. The summed E-state index contributed by atoms with van der Waals surface area (Å²) < 4.78 is 38.3. The Morgan fingerprint density at radius 2 is 1.94 bits per heavy atom. The van der Waals surface area contributed by atoms with Crippen LogP contribution in [-0.2, 0) is 16.6 Å². The fourth-order valence-corrected chi connectivity index (χ4v) is 2.91. The molecular formula is C12H17ClFNO2S. The zero-order valence-electron chi connectivity index (χ0n) is 10.3. The van der Waals surface area contributed by atoms with E-state index < -0.39 is 10.0 Å². The second-order valence-corrected chi connectivity index (χ2v) is 6.63. The van der Waals surface area contributed by atoms with Crippen LogP contribution in [0.25, 0.3) is 0 Å². The van der Waals surface area contributed by atoms with Crippen LogP contribution in [0.4, 0.5) is 4.39 Å². The van der Waals surface area contributed by atoms with Crippen molar-refractivity contribution in [3.8, 4) is 0 Å². The van der Waals surface area contributed by atoms with Gasteiger partial charge in [0.1, 0.15) is 5.82 Å². The molecule has 0 fully saturated rings. The highest BCUT2D eigenvalue weighted by Gasteiger charge is 2.18. The van der Waals surface area contributed by atoms with Gasteiger partial charge in [0.05, 0.1) is 5.75 Å². The molecule has 0 amide bonds. The minimum atomic E-state index is -3.34. The van der Waals surface area contributed by atoms with Gasteiger partial charge in [-0.05, 0) is 18.9 Å². The Balaban J connectivity index is 2.64. The van der Waals surface area contributed by atoms with Gasteiger partial charge in [0, 0.05) is 25.0 Å². The molecule has 1 rings (SSSR count). The molecule has 3 nitrogen and oxygen atoms in total. The molecule has 6 heteroatoms. The average molecular weight is 294 g/mol. The number of benzene rings is 1. The smallest absolute Gasteiger partial charge is 0.212 e. The van der Waals surface area contributed by atoms with E-state index in [1.165, 1.54) is 17.4 Å². The summed E-state index contributed by atoms with van der Waals surface area (Å²) in [5.41, 5.74) is 0.376. The summed E-state index contributed by atoms with van der Waals surface area (Å²) in [5, 5.41) is 0. The second kappa shape index (κ2) is 7.07. The molecule has 0 aliphatic heterocycles. The maximum atomic E-state index is 13.4. The summed E-state index contributed by atoms with van der Waals surface area (Å²) in [7, 11) is -1.88. The zero-order valence-corrected chi connectivity index (χ0v) is 11.8. The van der Waals surface area contributed by atoms with E-state index in [1.54, 1.807) is 18.2 Å². The Labute approximate surface area is 113 Å². The minimum Gasteiger partial charge on any atom is -0.212 e. The highest BCUT2D eigenvalue weighted by atomic mass is 35.5. The first-order valence-corrected chi connectivity index (χ1v) is 7.85. The van der Waals surface area contributed by atoms with Crippen molar-refractivity contribution in [3.05, 3.63) is 35.6 Å². The van der Waals surface area contributed by atoms with Gasteiger partial charge in [0.25, 0.3) is 0 Å². The Hall–Kier alpha value is -0.650. The van der Waals surface area contributed by atoms with E-state index in [9.17, 15) is 12.8 Å². The quantitative estimate of drug-likeness (QED) is 0.572. The molecule has 0 heterocycles. The van der Waals surface area contributed by atoms with Crippen molar-refractivity contribution >= 4 is 21.6 Å².